The van der Waals surface area contributed by atoms with Crippen molar-refractivity contribution in [2.75, 3.05) is 12.5 Å². The van der Waals surface area contributed by atoms with Crippen LogP contribution in [0.2, 0.25) is 0 Å². The second-order valence-electron chi connectivity index (χ2n) is 1.89. The van der Waals surface area contributed by atoms with Gasteiger partial charge in [-0.15, -0.1) is 11.6 Å². The Labute approximate surface area is 76.1 Å². The smallest absolute Gasteiger partial charge is 0.324 e. The van der Waals surface area contributed by atoms with Gasteiger partial charge in [0.15, 0.2) is 0 Å². The van der Waals surface area contributed by atoms with Crippen LogP contribution in [0, 0.1) is 0 Å². The molecule has 0 bridgehead atoms. The van der Waals surface area contributed by atoms with Crippen LogP contribution in [-0.4, -0.2) is 24.5 Å². The topological polar surface area (TPSA) is 38.3 Å². The molecule has 0 spiro atoms. The summed E-state index contributed by atoms with van der Waals surface area (Å²) in [6.45, 7) is 2.10. The molecule has 0 heterocycles. The Balaban J connectivity index is 3.71. The van der Waals surface area contributed by atoms with E-state index in [2.05, 4.69) is 4.84 Å². The Bertz CT molecular complexity index is 121. The third-order valence-corrected chi connectivity index (χ3v) is 1.58. The van der Waals surface area contributed by atoms with E-state index >= 15 is 0 Å². The molecule has 0 unspecified atom stereocenters. The van der Waals surface area contributed by atoms with Crippen molar-refractivity contribution in [1.29, 1.82) is 0 Å². The fourth-order valence-electron chi connectivity index (χ4n) is 0.569. The molecule has 0 aromatic carbocycles. The Morgan fingerprint density at radius 1 is 1.73 bits per heavy atom. The molecule has 1 atom stereocenters. The van der Waals surface area contributed by atoms with Crippen LogP contribution in [0.1, 0.15) is 13.3 Å². The lowest BCUT2D eigenvalue weighted by molar-refractivity contribution is -0.145. The normalized spacial score (nSPS) is 12.6. The largest absolute Gasteiger partial charge is 0.465 e. The number of hydrogen-bond acceptors (Lipinski definition) is 3. The second kappa shape index (κ2) is 6.70. The maximum atomic E-state index is 10.9. The first-order valence-electron chi connectivity index (χ1n) is 3.35. The summed E-state index contributed by atoms with van der Waals surface area (Å²) in [6, 6.07) is -0.492. The Hall–Kier alpha value is 0.01000. The Morgan fingerprint density at radius 2 is 2.36 bits per heavy atom. The van der Waals surface area contributed by atoms with Gasteiger partial charge in [-0.05, 0) is 25.1 Å². The lowest BCUT2D eigenvalue weighted by Gasteiger charge is -2.10. The highest BCUT2D eigenvalue weighted by molar-refractivity contribution is 6.18. The molecule has 0 aromatic heterocycles. The molecule has 3 nitrogen and oxygen atoms in total. The molecule has 0 saturated carbocycles. The quantitative estimate of drug-likeness (QED) is 0.412. The maximum absolute atomic E-state index is 10.9. The average Bonchev–Trinajstić information content (AvgIpc) is 2.00. The molecule has 0 saturated heterocycles. The van der Waals surface area contributed by atoms with E-state index in [1.165, 1.54) is 0 Å². The van der Waals surface area contributed by atoms with Crippen molar-refractivity contribution >= 4 is 29.3 Å². The van der Waals surface area contributed by atoms with Crippen LogP contribution in [0.15, 0.2) is 0 Å². The number of nitrogens with one attached hydrogen (secondary N) is 1. The van der Waals surface area contributed by atoms with Gasteiger partial charge in [0.05, 0.1) is 6.61 Å². The van der Waals surface area contributed by atoms with Gasteiger partial charge >= 0.3 is 5.97 Å². The van der Waals surface area contributed by atoms with Crippen LogP contribution in [0.5, 0.6) is 0 Å². The van der Waals surface area contributed by atoms with E-state index in [-0.39, 0.29) is 5.97 Å². The zero-order valence-corrected chi connectivity index (χ0v) is 7.78. The van der Waals surface area contributed by atoms with E-state index in [1.54, 1.807) is 6.92 Å². The summed E-state index contributed by atoms with van der Waals surface area (Å²) in [7, 11) is 0. The van der Waals surface area contributed by atoms with E-state index in [0.29, 0.717) is 18.9 Å². The molecular formula is C6H11Cl2NO2. The minimum Gasteiger partial charge on any atom is -0.465 e. The van der Waals surface area contributed by atoms with E-state index in [4.69, 9.17) is 28.1 Å². The summed E-state index contributed by atoms with van der Waals surface area (Å²) in [5.74, 6) is 0.0200. The van der Waals surface area contributed by atoms with Crippen LogP contribution in [-0.2, 0) is 9.53 Å². The van der Waals surface area contributed by atoms with Crippen molar-refractivity contribution in [2.45, 2.75) is 19.4 Å². The number of esters is 1. The second-order valence-corrected chi connectivity index (χ2v) is 2.49. The van der Waals surface area contributed by atoms with Crippen molar-refractivity contribution < 1.29 is 9.53 Å². The van der Waals surface area contributed by atoms with Gasteiger partial charge in [0.1, 0.15) is 6.04 Å². The zero-order valence-electron chi connectivity index (χ0n) is 6.27. The van der Waals surface area contributed by atoms with Gasteiger partial charge in [-0.2, -0.15) is 0 Å². The molecule has 11 heavy (non-hydrogen) atoms. The SMILES string of the molecule is CCOC(=O)[C@H](CCCl)NCl. The van der Waals surface area contributed by atoms with Gasteiger partial charge in [0.25, 0.3) is 0 Å². The third kappa shape index (κ3) is 4.45. The van der Waals surface area contributed by atoms with Crippen molar-refractivity contribution in [3.05, 3.63) is 0 Å². The van der Waals surface area contributed by atoms with Crippen molar-refractivity contribution in [3.63, 3.8) is 0 Å². The molecule has 1 N–H and O–H groups in total. The Morgan fingerprint density at radius 3 is 2.73 bits per heavy atom. The molecule has 0 fully saturated rings. The van der Waals surface area contributed by atoms with Crippen LogP contribution < -0.4 is 4.84 Å². The first-order valence-corrected chi connectivity index (χ1v) is 4.26. The van der Waals surface area contributed by atoms with Gasteiger partial charge in [0, 0.05) is 5.88 Å². The van der Waals surface area contributed by atoms with Gasteiger partial charge in [-0.3, -0.25) is 4.79 Å². The molecule has 0 aliphatic rings. The molecule has 0 amide bonds. The predicted molar refractivity (Wildman–Crippen MR) is 44.7 cm³/mol. The highest BCUT2D eigenvalue weighted by atomic mass is 35.5. The van der Waals surface area contributed by atoms with Crippen molar-refractivity contribution in [2.24, 2.45) is 0 Å². The van der Waals surface area contributed by atoms with E-state index in [1.807, 2.05) is 0 Å². The fraction of sp³-hybridized carbons (Fsp3) is 0.833. The molecular weight excluding hydrogens is 189 g/mol. The van der Waals surface area contributed by atoms with Gasteiger partial charge in [0.2, 0.25) is 0 Å². The summed E-state index contributed by atoms with van der Waals surface area (Å²) < 4.78 is 4.70. The summed E-state index contributed by atoms with van der Waals surface area (Å²) in [6.07, 6.45) is 0.476. The number of hydrogen-bond donors (Lipinski definition) is 1. The molecule has 0 rings (SSSR count). The summed E-state index contributed by atoms with van der Waals surface area (Å²) in [5, 5.41) is 0. The van der Waals surface area contributed by atoms with Gasteiger partial charge in [-0.25, -0.2) is 4.84 Å². The third-order valence-electron chi connectivity index (χ3n) is 1.10. The Kier molecular flexibility index (Phi) is 6.71. The number of carbonyl (C=O) groups excluding carboxylic acids is 1. The maximum Gasteiger partial charge on any atom is 0.324 e. The lowest BCUT2D eigenvalue weighted by Crippen LogP contribution is -2.32. The van der Waals surface area contributed by atoms with Crippen molar-refractivity contribution in [3.8, 4) is 0 Å². The lowest BCUT2D eigenvalue weighted by atomic mass is 10.2. The van der Waals surface area contributed by atoms with E-state index < -0.39 is 6.04 Å². The van der Waals surface area contributed by atoms with Crippen LogP contribution >= 0.6 is 23.4 Å². The summed E-state index contributed by atoms with van der Waals surface area (Å²) in [5.41, 5.74) is 0. The standard InChI is InChI=1S/C6H11Cl2NO2/c1-2-11-6(10)5(9-8)3-4-7/h5,9H,2-4H2,1H3/t5-/m0/s1. The van der Waals surface area contributed by atoms with Crippen LogP contribution in [0.4, 0.5) is 0 Å². The molecule has 0 aromatic rings. The monoisotopic (exact) mass is 199 g/mol. The highest BCUT2D eigenvalue weighted by Gasteiger charge is 2.16. The fourth-order valence-corrected chi connectivity index (χ4v) is 0.985. The predicted octanol–water partition coefficient (Wildman–Crippen LogP) is 1.29. The molecule has 0 aliphatic heterocycles. The molecule has 0 radical (unpaired) electrons. The van der Waals surface area contributed by atoms with Crippen molar-refractivity contribution in [1.82, 2.24) is 4.84 Å². The minimum absolute atomic E-state index is 0.357. The number of ether oxygens (including phenoxy) is 1. The van der Waals surface area contributed by atoms with E-state index in [9.17, 15) is 4.79 Å². The first-order chi connectivity index (χ1) is 5.26. The average molecular weight is 200 g/mol. The summed E-state index contributed by atoms with van der Waals surface area (Å²) in [4.78, 5) is 13.2. The number of halogens is 2. The summed E-state index contributed by atoms with van der Waals surface area (Å²) >= 11 is 10.7. The minimum atomic E-state index is -0.492. The van der Waals surface area contributed by atoms with Gasteiger partial charge in [-0.1, -0.05) is 0 Å². The number of rotatable bonds is 5. The van der Waals surface area contributed by atoms with E-state index in [0.717, 1.165) is 0 Å². The number of carbonyl (C=O) groups is 1. The number of alkyl halides is 1. The zero-order chi connectivity index (χ0) is 8.69. The van der Waals surface area contributed by atoms with Crippen LogP contribution in [0.25, 0.3) is 0 Å². The molecule has 66 valence electrons. The van der Waals surface area contributed by atoms with Crippen LogP contribution in [0.3, 0.4) is 0 Å². The highest BCUT2D eigenvalue weighted by Crippen LogP contribution is 1.98. The van der Waals surface area contributed by atoms with Gasteiger partial charge < -0.3 is 4.74 Å². The first kappa shape index (κ1) is 11.0. The molecule has 0 aliphatic carbocycles. The molecule has 5 heteroatoms.